The molecule has 0 unspecified atom stereocenters. The fraction of sp³-hybridized carbons (Fsp3) is 0. The van der Waals surface area contributed by atoms with E-state index in [1.54, 1.807) is 0 Å². The van der Waals surface area contributed by atoms with Crippen LogP contribution in [0, 0.1) is 0 Å². The number of fused-ring (bicyclic) bond motifs is 7. The van der Waals surface area contributed by atoms with Crippen molar-refractivity contribution in [2.75, 3.05) is 9.80 Å². The van der Waals surface area contributed by atoms with E-state index >= 15 is 0 Å². The first-order chi connectivity index (χ1) is 33.7. The van der Waals surface area contributed by atoms with E-state index in [0.29, 0.717) is 0 Å². The molecule has 0 amide bonds. The number of hydrogen-bond donors (Lipinski definition) is 0. The summed E-state index contributed by atoms with van der Waals surface area (Å²) in [5.41, 5.74) is 14.9. The molecule has 68 heavy (non-hydrogen) atoms. The van der Waals surface area contributed by atoms with Crippen LogP contribution < -0.4 is 9.80 Å². The maximum atomic E-state index is 2.40. The predicted molar refractivity (Wildman–Crippen MR) is 291 cm³/mol. The van der Waals surface area contributed by atoms with Crippen LogP contribution >= 0.6 is 11.3 Å². The number of nitrogens with zero attached hydrogens (tertiary/aromatic N) is 3. The fourth-order valence-electron chi connectivity index (χ4n) is 10.1. The third-order valence-electron chi connectivity index (χ3n) is 13.4. The summed E-state index contributed by atoms with van der Waals surface area (Å²) >= 11 is 1.85. The Labute approximate surface area is 399 Å². The molecule has 13 rings (SSSR count). The highest BCUT2D eigenvalue weighted by atomic mass is 32.1. The number of thiophene rings is 1. The van der Waals surface area contributed by atoms with E-state index in [9.17, 15) is 0 Å². The van der Waals surface area contributed by atoms with Crippen LogP contribution in [0.15, 0.2) is 261 Å². The van der Waals surface area contributed by atoms with Gasteiger partial charge in [-0.05, 0) is 136 Å². The van der Waals surface area contributed by atoms with E-state index < -0.39 is 0 Å². The van der Waals surface area contributed by atoms with Crippen molar-refractivity contribution < 1.29 is 0 Å². The van der Waals surface area contributed by atoms with E-state index in [2.05, 4.69) is 275 Å². The lowest BCUT2D eigenvalue weighted by Crippen LogP contribution is -2.10. The van der Waals surface area contributed by atoms with Crippen molar-refractivity contribution in [1.29, 1.82) is 0 Å². The number of aromatic nitrogens is 1. The van der Waals surface area contributed by atoms with Crippen molar-refractivity contribution >= 4 is 98.2 Å². The van der Waals surface area contributed by atoms with Gasteiger partial charge in [0, 0.05) is 70.8 Å². The minimum atomic E-state index is 1.09. The first kappa shape index (κ1) is 39.6. The molecule has 320 valence electrons. The van der Waals surface area contributed by atoms with Gasteiger partial charge >= 0.3 is 0 Å². The van der Waals surface area contributed by atoms with Crippen LogP contribution in [0.25, 0.3) is 80.7 Å². The quantitative estimate of drug-likeness (QED) is 0.143. The van der Waals surface area contributed by atoms with Crippen molar-refractivity contribution in [3.8, 4) is 27.9 Å². The fourth-order valence-corrected chi connectivity index (χ4v) is 11.2. The van der Waals surface area contributed by atoms with Gasteiger partial charge in [-0.3, -0.25) is 0 Å². The van der Waals surface area contributed by atoms with Crippen LogP contribution in [-0.4, -0.2) is 4.57 Å². The summed E-state index contributed by atoms with van der Waals surface area (Å²) < 4.78 is 4.99. The molecule has 0 atom stereocenters. The van der Waals surface area contributed by atoms with E-state index in [0.717, 1.165) is 50.9 Å². The summed E-state index contributed by atoms with van der Waals surface area (Å²) in [7, 11) is 0. The highest BCUT2D eigenvalue weighted by Gasteiger charge is 2.19. The zero-order valence-corrected chi connectivity index (χ0v) is 37.9. The van der Waals surface area contributed by atoms with E-state index in [4.69, 9.17) is 0 Å². The molecule has 2 aromatic heterocycles. The lowest BCUT2D eigenvalue weighted by molar-refractivity contribution is 1.18. The first-order valence-corrected chi connectivity index (χ1v) is 24.0. The van der Waals surface area contributed by atoms with Crippen LogP contribution in [-0.2, 0) is 0 Å². The normalized spacial score (nSPS) is 11.5. The van der Waals surface area contributed by atoms with Crippen LogP contribution in [0.3, 0.4) is 0 Å². The summed E-state index contributed by atoms with van der Waals surface area (Å²) in [5, 5.41) is 7.52. The molecule has 13 aromatic rings. The van der Waals surface area contributed by atoms with Gasteiger partial charge in [-0.1, -0.05) is 158 Å². The standard InChI is InChI=1S/C64H43N3S/c1-3-13-44(14-4-1)46-23-30-52(31-24-46)66(56-37-39-59-58-20-10-12-22-63(58)68-64(59)43-56)53-34-27-48(28-35-53)47-25-32-51(33-26-47)65(50-17-5-2-6-18-50)55-38-40-62-60(42-55)57-19-9-11-21-61(57)67(62)54-36-29-45-15-7-8-16-49(45)41-54/h1-43H. The third-order valence-corrected chi connectivity index (χ3v) is 14.5. The van der Waals surface area contributed by atoms with Crippen molar-refractivity contribution in [2.45, 2.75) is 0 Å². The number of para-hydroxylation sites is 2. The second kappa shape index (κ2) is 16.6. The molecule has 0 fully saturated rings. The number of benzene rings is 11. The summed E-state index contributed by atoms with van der Waals surface area (Å²) in [6.07, 6.45) is 0. The molecule has 3 nitrogen and oxygen atoms in total. The lowest BCUT2D eigenvalue weighted by Gasteiger charge is -2.26. The second-order valence-electron chi connectivity index (χ2n) is 17.4. The average molecular weight is 886 g/mol. The van der Waals surface area contributed by atoms with Gasteiger partial charge in [0.2, 0.25) is 0 Å². The van der Waals surface area contributed by atoms with Gasteiger partial charge in [-0.2, -0.15) is 0 Å². The molecule has 0 aliphatic heterocycles. The Morgan fingerprint density at radius 1 is 0.265 bits per heavy atom. The lowest BCUT2D eigenvalue weighted by atomic mass is 10.0. The maximum absolute atomic E-state index is 2.40. The van der Waals surface area contributed by atoms with Crippen molar-refractivity contribution in [3.05, 3.63) is 261 Å². The Morgan fingerprint density at radius 2 is 0.735 bits per heavy atom. The molecule has 4 heteroatoms. The van der Waals surface area contributed by atoms with Crippen molar-refractivity contribution in [1.82, 2.24) is 4.57 Å². The predicted octanol–water partition coefficient (Wildman–Crippen LogP) is 18.6. The zero-order valence-electron chi connectivity index (χ0n) is 37.1. The van der Waals surface area contributed by atoms with Crippen molar-refractivity contribution in [2.24, 2.45) is 0 Å². The van der Waals surface area contributed by atoms with Crippen LogP contribution in [0.4, 0.5) is 34.1 Å². The second-order valence-corrected chi connectivity index (χ2v) is 18.5. The van der Waals surface area contributed by atoms with Gasteiger partial charge in [0.15, 0.2) is 0 Å². The molecular weight excluding hydrogens is 843 g/mol. The molecule has 0 N–H and O–H groups in total. The van der Waals surface area contributed by atoms with E-state index in [1.807, 2.05) is 11.3 Å². The van der Waals surface area contributed by atoms with Crippen molar-refractivity contribution in [3.63, 3.8) is 0 Å². The summed E-state index contributed by atoms with van der Waals surface area (Å²) in [6, 6.07) is 94.8. The topological polar surface area (TPSA) is 11.4 Å². The molecule has 0 bridgehead atoms. The Hall–Kier alpha value is -8.70. The number of rotatable bonds is 9. The molecule has 0 radical (unpaired) electrons. The summed E-state index contributed by atoms with van der Waals surface area (Å²) in [4.78, 5) is 4.74. The molecule has 0 saturated heterocycles. The monoisotopic (exact) mass is 885 g/mol. The smallest absolute Gasteiger partial charge is 0.0542 e. The molecular formula is C64H43N3S. The molecule has 0 saturated carbocycles. The summed E-state index contributed by atoms with van der Waals surface area (Å²) in [5.74, 6) is 0. The highest BCUT2D eigenvalue weighted by Crippen LogP contribution is 2.43. The number of hydrogen-bond acceptors (Lipinski definition) is 3. The Morgan fingerprint density at radius 3 is 1.41 bits per heavy atom. The SMILES string of the molecule is c1ccc(-c2ccc(N(c3ccc(-c4ccc(N(c5ccccc5)c5ccc6c(c5)c5ccccc5n6-c5ccc6ccccc6c5)cc4)cc3)c3ccc4c(c3)sc3ccccc34)cc2)cc1. The highest BCUT2D eigenvalue weighted by molar-refractivity contribution is 7.25. The third kappa shape index (κ3) is 6.98. The van der Waals surface area contributed by atoms with Gasteiger partial charge < -0.3 is 14.4 Å². The molecule has 2 heterocycles. The minimum Gasteiger partial charge on any atom is -0.310 e. The largest absolute Gasteiger partial charge is 0.310 e. The van der Waals surface area contributed by atoms with Gasteiger partial charge in [0.05, 0.1) is 11.0 Å². The Kier molecular flexibility index (Phi) is 9.69. The molecule has 0 aliphatic carbocycles. The van der Waals surface area contributed by atoms with E-state index in [1.165, 1.54) is 63.9 Å². The molecule has 0 aliphatic rings. The molecule has 11 aromatic carbocycles. The zero-order chi connectivity index (χ0) is 45.0. The maximum Gasteiger partial charge on any atom is 0.0542 e. The Balaban J connectivity index is 0.853. The average Bonchev–Trinajstić information content (AvgIpc) is 3.95. The summed E-state index contributed by atoms with van der Waals surface area (Å²) in [6.45, 7) is 0. The van der Waals surface area contributed by atoms with Gasteiger partial charge in [-0.25, -0.2) is 0 Å². The van der Waals surface area contributed by atoms with Gasteiger partial charge in [0.25, 0.3) is 0 Å². The van der Waals surface area contributed by atoms with Crippen LogP contribution in [0.1, 0.15) is 0 Å². The van der Waals surface area contributed by atoms with E-state index in [-0.39, 0.29) is 0 Å². The molecule has 0 spiro atoms. The minimum absolute atomic E-state index is 1.09. The van der Waals surface area contributed by atoms with Gasteiger partial charge in [0.1, 0.15) is 0 Å². The van der Waals surface area contributed by atoms with Gasteiger partial charge in [-0.15, -0.1) is 11.3 Å². The number of anilines is 6. The van der Waals surface area contributed by atoms with Crippen LogP contribution in [0.2, 0.25) is 0 Å². The Bertz CT molecular complexity index is 3950. The first-order valence-electron chi connectivity index (χ1n) is 23.2. The van der Waals surface area contributed by atoms with Crippen LogP contribution in [0.5, 0.6) is 0 Å².